The van der Waals surface area contributed by atoms with E-state index in [0.29, 0.717) is 5.92 Å². The van der Waals surface area contributed by atoms with Crippen LogP contribution in [0.4, 0.5) is 0 Å². The average Bonchev–Trinajstić information content (AvgIpc) is 2.27. The van der Waals surface area contributed by atoms with E-state index < -0.39 is 0 Å². The highest BCUT2D eigenvalue weighted by molar-refractivity contribution is 5.85. The van der Waals surface area contributed by atoms with Crippen molar-refractivity contribution in [1.82, 2.24) is 10.6 Å². The minimum Gasteiger partial charge on any atom is -0.349 e. The lowest BCUT2D eigenvalue weighted by molar-refractivity contribution is -0.127. The predicted octanol–water partition coefficient (Wildman–Crippen LogP) is 2.14. The van der Waals surface area contributed by atoms with Crippen molar-refractivity contribution in [2.24, 2.45) is 11.8 Å². The fraction of sp³-hybridized carbons (Fsp3) is 0.500. The number of halogens is 1. The van der Waals surface area contributed by atoms with Crippen molar-refractivity contribution in [3.05, 3.63) is 35.9 Å². The Morgan fingerprint density at radius 1 is 1.28 bits per heavy atom. The summed E-state index contributed by atoms with van der Waals surface area (Å²) in [7, 11) is 0. The maximum Gasteiger partial charge on any atom is 0.223 e. The van der Waals surface area contributed by atoms with Crippen LogP contribution in [0.2, 0.25) is 0 Å². The summed E-state index contributed by atoms with van der Waals surface area (Å²) >= 11 is 0. The van der Waals surface area contributed by atoms with Crippen molar-refractivity contribution in [3.63, 3.8) is 0 Å². The highest BCUT2D eigenvalue weighted by Gasteiger charge is 2.29. The zero-order chi connectivity index (χ0) is 12.3. The molecule has 2 rings (SSSR count). The van der Waals surface area contributed by atoms with Gasteiger partial charge in [-0.1, -0.05) is 37.3 Å². The summed E-state index contributed by atoms with van der Waals surface area (Å²) in [5.41, 5.74) is 1.15. The Labute approximate surface area is 115 Å². The molecule has 1 fully saturated rings. The molecule has 0 radical (unpaired) electrons. The summed E-state index contributed by atoms with van der Waals surface area (Å²) in [5.74, 6) is 0.758. The van der Waals surface area contributed by atoms with E-state index in [1.54, 1.807) is 0 Å². The van der Waals surface area contributed by atoms with Crippen molar-refractivity contribution in [1.29, 1.82) is 0 Å². The van der Waals surface area contributed by atoms with Crippen molar-refractivity contribution >= 4 is 18.3 Å². The molecule has 2 atom stereocenters. The lowest BCUT2D eigenvalue weighted by Crippen LogP contribution is -2.49. The van der Waals surface area contributed by atoms with Gasteiger partial charge in [0.25, 0.3) is 0 Å². The van der Waals surface area contributed by atoms with E-state index in [2.05, 4.69) is 10.6 Å². The first kappa shape index (κ1) is 15.0. The Kier molecular flexibility index (Phi) is 5.63. The zero-order valence-corrected chi connectivity index (χ0v) is 11.7. The molecule has 1 aromatic rings. The molecule has 0 bridgehead atoms. The van der Waals surface area contributed by atoms with Gasteiger partial charge >= 0.3 is 0 Å². The second-order valence-corrected chi connectivity index (χ2v) is 4.85. The van der Waals surface area contributed by atoms with E-state index in [1.807, 2.05) is 44.2 Å². The molecule has 1 saturated heterocycles. The van der Waals surface area contributed by atoms with Gasteiger partial charge in [0.1, 0.15) is 0 Å². The van der Waals surface area contributed by atoms with Crippen LogP contribution in [-0.4, -0.2) is 19.0 Å². The molecule has 2 unspecified atom stereocenters. The van der Waals surface area contributed by atoms with Crippen LogP contribution >= 0.6 is 12.4 Å². The molecule has 0 saturated carbocycles. The number of rotatable bonds is 4. The quantitative estimate of drug-likeness (QED) is 0.879. The largest absolute Gasteiger partial charge is 0.349 e. The highest BCUT2D eigenvalue weighted by Crippen LogP contribution is 2.18. The molecule has 100 valence electrons. The summed E-state index contributed by atoms with van der Waals surface area (Å²) in [5, 5.41) is 6.28. The molecular formula is C14H21ClN2O. The van der Waals surface area contributed by atoms with Gasteiger partial charge in [0, 0.05) is 5.92 Å². The summed E-state index contributed by atoms with van der Waals surface area (Å²) in [4.78, 5) is 12.0. The summed E-state index contributed by atoms with van der Waals surface area (Å²) < 4.78 is 0. The molecular weight excluding hydrogens is 248 g/mol. The van der Waals surface area contributed by atoms with E-state index in [0.717, 1.165) is 18.7 Å². The van der Waals surface area contributed by atoms with Gasteiger partial charge in [-0.15, -0.1) is 12.4 Å². The van der Waals surface area contributed by atoms with Crippen molar-refractivity contribution in [3.8, 4) is 0 Å². The number of amides is 1. The van der Waals surface area contributed by atoms with Gasteiger partial charge in [-0.3, -0.25) is 4.79 Å². The standard InChI is InChI=1S/C14H20N2O.ClH/c1-10(13-8-15-9-13)14(17)16-11(2)12-6-4-3-5-7-12;/h3-7,10-11,13,15H,8-9H2,1-2H3,(H,16,17);1H. The molecule has 0 aromatic heterocycles. The third kappa shape index (κ3) is 3.47. The third-order valence-electron chi connectivity index (χ3n) is 3.59. The molecule has 0 aliphatic carbocycles. The topological polar surface area (TPSA) is 41.1 Å². The van der Waals surface area contributed by atoms with E-state index in [4.69, 9.17) is 0 Å². The zero-order valence-electron chi connectivity index (χ0n) is 10.8. The minimum absolute atomic E-state index is 0. The fourth-order valence-electron chi connectivity index (χ4n) is 2.05. The first-order valence-electron chi connectivity index (χ1n) is 6.24. The first-order chi connectivity index (χ1) is 8.18. The van der Waals surface area contributed by atoms with E-state index in [1.165, 1.54) is 0 Å². The lowest BCUT2D eigenvalue weighted by Gasteiger charge is -2.32. The predicted molar refractivity (Wildman–Crippen MR) is 75.8 cm³/mol. The monoisotopic (exact) mass is 268 g/mol. The van der Waals surface area contributed by atoms with E-state index in [9.17, 15) is 4.79 Å². The average molecular weight is 269 g/mol. The summed E-state index contributed by atoms with van der Waals surface area (Å²) in [6.45, 7) is 5.97. The third-order valence-corrected chi connectivity index (χ3v) is 3.59. The first-order valence-corrected chi connectivity index (χ1v) is 6.24. The van der Waals surface area contributed by atoms with Gasteiger partial charge in [-0.25, -0.2) is 0 Å². The van der Waals surface area contributed by atoms with Crippen LogP contribution in [-0.2, 0) is 4.79 Å². The SMILES string of the molecule is CC(NC(=O)C(C)C1CNC1)c1ccccc1.Cl. The Hall–Kier alpha value is -1.06. The Morgan fingerprint density at radius 2 is 1.89 bits per heavy atom. The van der Waals surface area contributed by atoms with Gasteiger partial charge in [0.15, 0.2) is 0 Å². The number of hydrogen-bond acceptors (Lipinski definition) is 2. The second-order valence-electron chi connectivity index (χ2n) is 4.85. The van der Waals surface area contributed by atoms with Gasteiger partial charge in [-0.2, -0.15) is 0 Å². The van der Waals surface area contributed by atoms with Crippen LogP contribution in [0.1, 0.15) is 25.5 Å². The maximum atomic E-state index is 12.0. The summed E-state index contributed by atoms with van der Waals surface area (Å²) in [6, 6.07) is 10.1. The minimum atomic E-state index is 0. The molecule has 18 heavy (non-hydrogen) atoms. The smallest absolute Gasteiger partial charge is 0.223 e. The molecule has 1 aliphatic rings. The fourth-order valence-corrected chi connectivity index (χ4v) is 2.05. The molecule has 3 nitrogen and oxygen atoms in total. The van der Waals surface area contributed by atoms with Crippen LogP contribution in [0.5, 0.6) is 0 Å². The van der Waals surface area contributed by atoms with Crippen molar-refractivity contribution in [2.75, 3.05) is 13.1 Å². The van der Waals surface area contributed by atoms with E-state index in [-0.39, 0.29) is 30.3 Å². The van der Waals surface area contributed by atoms with Crippen molar-refractivity contribution in [2.45, 2.75) is 19.9 Å². The molecule has 1 heterocycles. The normalized spacial score (nSPS) is 18.1. The lowest BCUT2D eigenvalue weighted by atomic mass is 9.88. The van der Waals surface area contributed by atoms with Crippen LogP contribution in [0, 0.1) is 11.8 Å². The number of carbonyl (C=O) groups excluding carboxylic acids is 1. The van der Waals surface area contributed by atoms with Gasteiger partial charge < -0.3 is 10.6 Å². The van der Waals surface area contributed by atoms with E-state index >= 15 is 0 Å². The van der Waals surface area contributed by atoms with Gasteiger partial charge in [0.2, 0.25) is 5.91 Å². The van der Waals surface area contributed by atoms with Gasteiger partial charge in [0.05, 0.1) is 6.04 Å². The van der Waals surface area contributed by atoms with Gasteiger partial charge in [-0.05, 0) is 31.5 Å². The molecule has 2 N–H and O–H groups in total. The molecule has 0 spiro atoms. The number of carbonyl (C=O) groups is 1. The molecule has 1 aromatic carbocycles. The Morgan fingerprint density at radius 3 is 2.39 bits per heavy atom. The highest BCUT2D eigenvalue weighted by atomic mass is 35.5. The maximum absolute atomic E-state index is 12.0. The second kappa shape index (κ2) is 6.76. The number of benzene rings is 1. The molecule has 1 amide bonds. The number of hydrogen-bond donors (Lipinski definition) is 2. The Balaban J connectivity index is 0.00000162. The Bertz CT molecular complexity index is 379. The van der Waals surface area contributed by atoms with Crippen LogP contribution in [0.3, 0.4) is 0 Å². The molecule has 4 heteroatoms. The molecule has 1 aliphatic heterocycles. The van der Waals surface area contributed by atoms with Crippen LogP contribution in [0.15, 0.2) is 30.3 Å². The van der Waals surface area contributed by atoms with Crippen LogP contribution < -0.4 is 10.6 Å². The van der Waals surface area contributed by atoms with Crippen LogP contribution in [0.25, 0.3) is 0 Å². The summed E-state index contributed by atoms with van der Waals surface area (Å²) in [6.07, 6.45) is 0. The number of nitrogens with one attached hydrogen (secondary N) is 2. The van der Waals surface area contributed by atoms with Crippen molar-refractivity contribution < 1.29 is 4.79 Å².